The lowest BCUT2D eigenvalue weighted by Gasteiger charge is -2.07. The number of carbonyl (C=O) groups excluding carboxylic acids is 1. The molecule has 0 bridgehead atoms. The summed E-state index contributed by atoms with van der Waals surface area (Å²) in [6.07, 6.45) is 3.39. The van der Waals surface area contributed by atoms with Gasteiger partial charge in [-0.05, 0) is 32.9 Å². The number of carbonyl (C=O) groups is 1. The van der Waals surface area contributed by atoms with Gasteiger partial charge in [0.25, 0.3) is 5.56 Å². The van der Waals surface area contributed by atoms with Gasteiger partial charge in [-0.15, -0.1) is 10.2 Å². The Morgan fingerprint density at radius 1 is 1.23 bits per heavy atom. The van der Waals surface area contributed by atoms with Crippen LogP contribution in [-0.2, 0) is 11.3 Å². The molecule has 0 fully saturated rings. The second kappa shape index (κ2) is 8.11. The first-order chi connectivity index (χ1) is 14.5. The highest BCUT2D eigenvalue weighted by Crippen LogP contribution is 2.29. The normalized spacial score (nSPS) is 11.2. The Labute approximate surface area is 175 Å². The summed E-state index contributed by atoms with van der Waals surface area (Å²) < 4.78 is 7.55. The van der Waals surface area contributed by atoms with Crippen LogP contribution in [0.15, 0.2) is 38.9 Å². The zero-order valence-electron chi connectivity index (χ0n) is 16.6. The van der Waals surface area contributed by atoms with Gasteiger partial charge < -0.3 is 8.98 Å². The Morgan fingerprint density at radius 3 is 2.73 bits per heavy atom. The number of thioether (sulfide) groups is 1. The number of aromatic nitrogens is 6. The molecule has 0 aliphatic heterocycles. The summed E-state index contributed by atoms with van der Waals surface area (Å²) in [6.45, 7) is 6.13. The Kier molecular flexibility index (Phi) is 5.36. The number of aromatic amines is 1. The number of H-pyrrole nitrogens is 1. The first kappa shape index (κ1) is 19.8. The van der Waals surface area contributed by atoms with Gasteiger partial charge >= 0.3 is 0 Å². The summed E-state index contributed by atoms with van der Waals surface area (Å²) in [5.74, 6) is 1.12. The van der Waals surface area contributed by atoms with E-state index in [0.29, 0.717) is 34.4 Å². The lowest BCUT2D eigenvalue weighted by molar-refractivity contribution is -0.113. The molecule has 0 aliphatic rings. The fourth-order valence-electron chi connectivity index (χ4n) is 3.22. The Balaban J connectivity index is 1.52. The van der Waals surface area contributed by atoms with Crippen LogP contribution in [0.5, 0.6) is 0 Å². The van der Waals surface area contributed by atoms with Crippen LogP contribution >= 0.6 is 11.8 Å². The lowest BCUT2D eigenvalue weighted by atomic mass is 10.2. The van der Waals surface area contributed by atoms with E-state index in [0.717, 1.165) is 5.56 Å². The number of pyridine rings is 1. The molecule has 1 amide bonds. The van der Waals surface area contributed by atoms with Gasteiger partial charge in [0.2, 0.25) is 11.8 Å². The fourth-order valence-corrected chi connectivity index (χ4v) is 4.02. The van der Waals surface area contributed by atoms with Gasteiger partial charge in [-0.3, -0.25) is 19.9 Å². The fraction of sp³-hybridized carbons (Fsp3) is 0.263. The molecule has 0 aromatic carbocycles. The molecular formula is C19H19N7O3S. The molecule has 11 heteroatoms. The van der Waals surface area contributed by atoms with E-state index in [-0.39, 0.29) is 22.9 Å². The second-order valence-electron chi connectivity index (χ2n) is 6.50. The van der Waals surface area contributed by atoms with E-state index >= 15 is 0 Å². The minimum Gasteiger partial charge on any atom is -0.444 e. The van der Waals surface area contributed by atoms with Crippen LogP contribution in [0, 0.1) is 13.8 Å². The van der Waals surface area contributed by atoms with Crippen molar-refractivity contribution in [2.24, 2.45) is 0 Å². The highest BCUT2D eigenvalue weighted by molar-refractivity contribution is 7.99. The Bertz CT molecular complexity index is 1280. The van der Waals surface area contributed by atoms with Crippen molar-refractivity contribution < 1.29 is 9.21 Å². The van der Waals surface area contributed by atoms with E-state index in [2.05, 4.69) is 30.7 Å². The molecule has 4 aromatic heterocycles. The number of rotatable bonds is 6. The molecule has 154 valence electrons. The highest BCUT2D eigenvalue weighted by atomic mass is 32.2. The Hall–Kier alpha value is -3.47. The molecule has 4 rings (SSSR count). The summed E-state index contributed by atoms with van der Waals surface area (Å²) in [5.41, 5.74) is 1.11. The minimum absolute atomic E-state index is 0.0810. The number of nitrogens with one attached hydrogen (secondary N) is 2. The van der Waals surface area contributed by atoms with Crippen molar-refractivity contribution in [3.8, 4) is 11.4 Å². The van der Waals surface area contributed by atoms with E-state index in [1.807, 2.05) is 23.6 Å². The number of nitrogens with zero attached hydrogens (tertiary/aromatic N) is 5. The van der Waals surface area contributed by atoms with Crippen molar-refractivity contribution in [2.45, 2.75) is 32.5 Å². The first-order valence-electron chi connectivity index (χ1n) is 9.24. The van der Waals surface area contributed by atoms with Crippen LogP contribution in [0.1, 0.15) is 18.4 Å². The maximum atomic E-state index is 12.5. The van der Waals surface area contributed by atoms with Crippen molar-refractivity contribution in [1.29, 1.82) is 0 Å². The predicted octanol–water partition coefficient (Wildman–Crippen LogP) is 2.54. The molecule has 0 unspecified atom stereocenters. The Morgan fingerprint density at radius 2 is 2.00 bits per heavy atom. The molecule has 4 heterocycles. The topological polar surface area (TPSA) is 132 Å². The van der Waals surface area contributed by atoms with E-state index in [9.17, 15) is 9.59 Å². The van der Waals surface area contributed by atoms with Crippen molar-refractivity contribution in [3.05, 3.63) is 46.3 Å². The third kappa shape index (κ3) is 3.59. The van der Waals surface area contributed by atoms with Crippen LogP contribution in [0.4, 0.5) is 5.88 Å². The summed E-state index contributed by atoms with van der Waals surface area (Å²) in [7, 11) is 0. The molecule has 2 N–H and O–H groups in total. The number of anilines is 1. The molecule has 30 heavy (non-hydrogen) atoms. The maximum Gasteiger partial charge on any atom is 0.277 e. The predicted molar refractivity (Wildman–Crippen MR) is 112 cm³/mol. The zero-order chi connectivity index (χ0) is 21.3. The van der Waals surface area contributed by atoms with Gasteiger partial charge in [0.05, 0.1) is 16.8 Å². The van der Waals surface area contributed by atoms with Crippen LogP contribution in [0.2, 0.25) is 0 Å². The van der Waals surface area contributed by atoms with Gasteiger partial charge in [0.15, 0.2) is 11.0 Å². The summed E-state index contributed by atoms with van der Waals surface area (Å²) in [5, 5.41) is 19.0. The molecule has 10 nitrogen and oxygen atoms in total. The first-order valence-corrected chi connectivity index (χ1v) is 10.2. The van der Waals surface area contributed by atoms with Crippen molar-refractivity contribution in [3.63, 3.8) is 0 Å². The molecule has 0 radical (unpaired) electrons. The van der Waals surface area contributed by atoms with Crippen LogP contribution < -0.4 is 10.9 Å². The summed E-state index contributed by atoms with van der Waals surface area (Å²) >= 11 is 1.26. The number of hydrogen-bond donors (Lipinski definition) is 2. The van der Waals surface area contributed by atoms with E-state index < -0.39 is 5.56 Å². The van der Waals surface area contributed by atoms with Crippen molar-refractivity contribution in [2.75, 3.05) is 11.1 Å². The molecule has 4 aromatic rings. The average Bonchev–Trinajstić information content (AvgIpc) is 3.31. The molecule has 0 saturated carbocycles. The van der Waals surface area contributed by atoms with Gasteiger partial charge in [-0.25, -0.2) is 5.10 Å². The average molecular weight is 425 g/mol. The third-order valence-corrected chi connectivity index (χ3v) is 5.52. The van der Waals surface area contributed by atoms with E-state index in [4.69, 9.17) is 4.42 Å². The van der Waals surface area contributed by atoms with E-state index in [1.54, 1.807) is 26.2 Å². The van der Waals surface area contributed by atoms with Crippen molar-refractivity contribution >= 4 is 34.3 Å². The minimum atomic E-state index is -0.414. The maximum absolute atomic E-state index is 12.5. The number of fused-ring (bicyclic) bond motifs is 1. The van der Waals surface area contributed by atoms with Crippen LogP contribution in [-0.4, -0.2) is 41.6 Å². The molecule has 0 saturated heterocycles. The number of furan rings is 1. The van der Waals surface area contributed by atoms with Gasteiger partial charge in [0, 0.05) is 24.5 Å². The second-order valence-corrected chi connectivity index (χ2v) is 7.44. The van der Waals surface area contributed by atoms with Crippen LogP contribution in [0.25, 0.3) is 22.2 Å². The highest BCUT2D eigenvalue weighted by Gasteiger charge is 2.20. The van der Waals surface area contributed by atoms with Gasteiger partial charge in [-0.2, -0.15) is 5.10 Å². The van der Waals surface area contributed by atoms with Gasteiger partial charge in [0.1, 0.15) is 11.1 Å². The largest absolute Gasteiger partial charge is 0.444 e. The van der Waals surface area contributed by atoms with Gasteiger partial charge in [-0.1, -0.05) is 11.8 Å². The monoisotopic (exact) mass is 425 g/mol. The zero-order valence-corrected chi connectivity index (χ0v) is 17.4. The lowest BCUT2D eigenvalue weighted by Crippen LogP contribution is -2.17. The summed E-state index contributed by atoms with van der Waals surface area (Å²) in [6, 6.07) is 3.71. The molecule has 0 spiro atoms. The molecule has 0 atom stereocenters. The number of aryl methyl sites for hydroxylation is 2. The third-order valence-electron chi connectivity index (χ3n) is 4.56. The van der Waals surface area contributed by atoms with Crippen LogP contribution in [0.3, 0.4) is 0 Å². The molecule has 0 aliphatic carbocycles. The van der Waals surface area contributed by atoms with E-state index in [1.165, 1.54) is 11.8 Å². The molecular weight excluding hydrogens is 406 g/mol. The number of hydrogen-bond acceptors (Lipinski definition) is 8. The smallest absolute Gasteiger partial charge is 0.277 e. The standard InChI is InChI=1S/C19H19N7O3S/c1-4-26-16(12-5-7-20-8-6-12)23-25-19(26)30-9-13(27)21-18-15-14(11(3)29-18)10(2)22-24-17(15)28/h5-8H,4,9H2,1-3H3,(H,21,27)(H,24,28). The SMILES string of the molecule is CCn1c(SCC(=O)Nc2oc(C)c3c(C)n[nH]c(=O)c23)nnc1-c1ccncc1. The number of amides is 1. The van der Waals surface area contributed by atoms with Crippen molar-refractivity contribution in [1.82, 2.24) is 29.9 Å². The quantitative estimate of drug-likeness (QED) is 0.451. The summed E-state index contributed by atoms with van der Waals surface area (Å²) in [4.78, 5) is 28.7.